The van der Waals surface area contributed by atoms with Gasteiger partial charge in [0.25, 0.3) is 5.91 Å². The SMILES string of the molecule is COc1ccc(C=C2N=C(c3ccccc3)N(C)C2=O)cc1. The number of carbonyl (C=O) groups is 1. The quantitative estimate of drug-likeness (QED) is 0.816. The van der Waals surface area contributed by atoms with E-state index >= 15 is 0 Å². The van der Waals surface area contributed by atoms with Crippen LogP contribution < -0.4 is 4.74 Å². The zero-order chi connectivity index (χ0) is 15.5. The molecule has 22 heavy (non-hydrogen) atoms. The van der Waals surface area contributed by atoms with Crippen molar-refractivity contribution in [3.05, 3.63) is 71.4 Å². The molecule has 3 rings (SSSR count). The fourth-order valence-corrected chi connectivity index (χ4v) is 2.30. The number of amidine groups is 1. The fraction of sp³-hybridized carbons (Fsp3) is 0.111. The van der Waals surface area contributed by atoms with Gasteiger partial charge in [-0.2, -0.15) is 0 Å². The zero-order valence-corrected chi connectivity index (χ0v) is 12.5. The lowest BCUT2D eigenvalue weighted by Gasteiger charge is -2.11. The zero-order valence-electron chi connectivity index (χ0n) is 12.5. The van der Waals surface area contributed by atoms with E-state index in [0.29, 0.717) is 11.5 Å². The summed E-state index contributed by atoms with van der Waals surface area (Å²) < 4.78 is 5.13. The summed E-state index contributed by atoms with van der Waals surface area (Å²) in [6.45, 7) is 0. The molecule has 4 nitrogen and oxygen atoms in total. The summed E-state index contributed by atoms with van der Waals surface area (Å²) >= 11 is 0. The average Bonchev–Trinajstić information content (AvgIpc) is 2.85. The van der Waals surface area contributed by atoms with Crippen molar-refractivity contribution in [1.29, 1.82) is 0 Å². The van der Waals surface area contributed by atoms with Crippen LogP contribution in [0, 0.1) is 0 Å². The van der Waals surface area contributed by atoms with Crippen LogP contribution in [0.5, 0.6) is 5.75 Å². The van der Waals surface area contributed by atoms with E-state index in [1.165, 1.54) is 0 Å². The fourth-order valence-electron chi connectivity index (χ4n) is 2.30. The number of hydrogen-bond acceptors (Lipinski definition) is 3. The van der Waals surface area contributed by atoms with Crippen molar-refractivity contribution in [2.24, 2.45) is 4.99 Å². The first-order chi connectivity index (χ1) is 10.7. The largest absolute Gasteiger partial charge is 0.497 e. The summed E-state index contributed by atoms with van der Waals surface area (Å²) in [7, 11) is 3.36. The lowest BCUT2D eigenvalue weighted by molar-refractivity contribution is -0.121. The number of aliphatic imine (C=N–C) groups is 1. The molecule has 0 bridgehead atoms. The summed E-state index contributed by atoms with van der Waals surface area (Å²) in [4.78, 5) is 18.4. The van der Waals surface area contributed by atoms with E-state index in [1.54, 1.807) is 25.1 Å². The molecule has 0 saturated heterocycles. The molecule has 1 aliphatic rings. The molecular formula is C18H16N2O2. The van der Waals surface area contributed by atoms with E-state index in [4.69, 9.17) is 4.74 Å². The second-order valence-corrected chi connectivity index (χ2v) is 4.97. The van der Waals surface area contributed by atoms with Crippen molar-refractivity contribution >= 4 is 17.8 Å². The van der Waals surface area contributed by atoms with Crippen LogP contribution in [0.15, 0.2) is 65.3 Å². The Hall–Kier alpha value is -2.88. The van der Waals surface area contributed by atoms with Gasteiger partial charge in [0.15, 0.2) is 0 Å². The third kappa shape index (κ3) is 2.63. The van der Waals surface area contributed by atoms with E-state index < -0.39 is 0 Å². The molecule has 0 aromatic heterocycles. The second-order valence-electron chi connectivity index (χ2n) is 4.97. The predicted octanol–water partition coefficient (Wildman–Crippen LogP) is 2.95. The molecule has 0 N–H and O–H groups in total. The van der Waals surface area contributed by atoms with Crippen molar-refractivity contribution in [3.63, 3.8) is 0 Å². The third-order valence-corrected chi connectivity index (χ3v) is 3.52. The molecule has 1 heterocycles. The van der Waals surface area contributed by atoms with Gasteiger partial charge in [0.05, 0.1) is 7.11 Å². The van der Waals surface area contributed by atoms with Gasteiger partial charge in [-0.15, -0.1) is 0 Å². The topological polar surface area (TPSA) is 41.9 Å². The van der Waals surface area contributed by atoms with Crippen molar-refractivity contribution in [2.45, 2.75) is 0 Å². The first kappa shape index (κ1) is 14.1. The maximum Gasteiger partial charge on any atom is 0.277 e. The molecule has 0 radical (unpaired) electrons. The molecule has 0 unspecified atom stereocenters. The van der Waals surface area contributed by atoms with Gasteiger partial charge in [-0.3, -0.25) is 9.69 Å². The Labute approximate surface area is 129 Å². The van der Waals surface area contributed by atoms with Gasteiger partial charge >= 0.3 is 0 Å². The van der Waals surface area contributed by atoms with Gasteiger partial charge in [0.1, 0.15) is 17.3 Å². The summed E-state index contributed by atoms with van der Waals surface area (Å²) in [5.41, 5.74) is 2.28. The Kier molecular flexibility index (Phi) is 3.74. The van der Waals surface area contributed by atoms with Gasteiger partial charge in [0, 0.05) is 12.6 Å². The summed E-state index contributed by atoms with van der Waals surface area (Å²) in [6, 6.07) is 17.2. The van der Waals surface area contributed by atoms with Crippen LogP contribution in [0.1, 0.15) is 11.1 Å². The Morgan fingerprint density at radius 2 is 1.73 bits per heavy atom. The predicted molar refractivity (Wildman–Crippen MR) is 86.7 cm³/mol. The number of hydrogen-bond donors (Lipinski definition) is 0. The first-order valence-electron chi connectivity index (χ1n) is 6.97. The molecule has 0 fully saturated rings. The Morgan fingerprint density at radius 1 is 1.05 bits per heavy atom. The third-order valence-electron chi connectivity index (χ3n) is 3.52. The minimum Gasteiger partial charge on any atom is -0.497 e. The van der Waals surface area contributed by atoms with Gasteiger partial charge in [-0.1, -0.05) is 42.5 Å². The van der Waals surface area contributed by atoms with E-state index in [9.17, 15) is 4.79 Å². The van der Waals surface area contributed by atoms with Crippen molar-refractivity contribution in [1.82, 2.24) is 4.90 Å². The van der Waals surface area contributed by atoms with Crippen LogP contribution >= 0.6 is 0 Å². The second kappa shape index (κ2) is 5.85. The van der Waals surface area contributed by atoms with Gasteiger partial charge in [-0.25, -0.2) is 4.99 Å². The molecule has 1 aliphatic heterocycles. The molecule has 4 heteroatoms. The number of benzene rings is 2. The van der Waals surface area contributed by atoms with Crippen LogP contribution in [0.4, 0.5) is 0 Å². The number of rotatable bonds is 3. The monoisotopic (exact) mass is 292 g/mol. The highest BCUT2D eigenvalue weighted by Crippen LogP contribution is 2.21. The molecule has 110 valence electrons. The van der Waals surface area contributed by atoms with Crippen LogP contribution in [0.25, 0.3) is 6.08 Å². The van der Waals surface area contributed by atoms with Crippen LogP contribution in [-0.4, -0.2) is 30.8 Å². The smallest absolute Gasteiger partial charge is 0.277 e. The summed E-state index contributed by atoms with van der Waals surface area (Å²) in [5, 5.41) is 0. The standard InChI is InChI=1S/C18H16N2O2/c1-20-17(14-6-4-3-5-7-14)19-16(18(20)21)12-13-8-10-15(22-2)11-9-13/h3-12H,1-2H3. The van der Waals surface area contributed by atoms with Crippen LogP contribution in [0.3, 0.4) is 0 Å². The van der Waals surface area contributed by atoms with Crippen LogP contribution in [-0.2, 0) is 4.79 Å². The summed E-state index contributed by atoms with van der Waals surface area (Å²) in [5.74, 6) is 1.35. The van der Waals surface area contributed by atoms with Crippen molar-refractivity contribution < 1.29 is 9.53 Å². The highest BCUT2D eigenvalue weighted by atomic mass is 16.5. The van der Waals surface area contributed by atoms with Crippen molar-refractivity contribution in [3.8, 4) is 5.75 Å². The molecule has 2 aromatic carbocycles. The molecule has 0 aliphatic carbocycles. The minimum atomic E-state index is -0.102. The number of likely N-dealkylation sites (N-methyl/N-ethyl adjacent to an activating group) is 1. The molecule has 1 amide bonds. The van der Waals surface area contributed by atoms with Gasteiger partial charge in [0.2, 0.25) is 0 Å². The number of ether oxygens (including phenoxy) is 1. The molecule has 0 atom stereocenters. The van der Waals surface area contributed by atoms with Crippen molar-refractivity contribution in [2.75, 3.05) is 14.2 Å². The van der Waals surface area contributed by atoms with Crippen LogP contribution in [0.2, 0.25) is 0 Å². The minimum absolute atomic E-state index is 0.102. The lowest BCUT2D eigenvalue weighted by Crippen LogP contribution is -2.28. The number of carbonyl (C=O) groups excluding carboxylic acids is 1. The highest BCUT2D eigenvalue weighted by Gasteiger charge is 2.27. The normalized spacial score (nSPS) is 16.1. The molecule has 0 saturated carbocycles. The first-order valence-corrected chi connectivity index (χ1v) is 6.97. The van der Waals surface area contributed by atoms with E-state index in [2.05, 4.69) is 4.99 Å². The Balaban J connectivity index is 1.94. The Morgan fingerprint density at radius 3 is 2.36 bits per heavy atom. The van der Waals surface area contributed by atoms with E-state index in [-0.39, 0.29) is 5.91 Å². The van der Waals surface area contributed by atoms with Gasteiger partial charge < -0.3 is 4.74 Å². The maximum absolute atomic E-state index is 12.3. The Bertz CT molecular complexity index is 746. The molecular weight excluding hydrogens is 276 g/mol. The number of amides is 1. The molecule has 2 aromatic rings. The maximum atomic E-state index is 12.3. The highest BCUT2D eigenvalue weighted by molar-refractivity contribution is 6.19. The summed E-state index contributed by atoms with van der Waals surface area (Å²) in [6.07, 6.45) is 1.79. The van der Waals surface area contributed by atoms with Gasteiger partial charge in [-0.05, 0) is 23.8 Å². The molecule has 0 spiro atoms. The number of nitrogens with zero attached hydrogens (tertiary/aromatic N) is 2. The van der Waals surface area contributed by atoms with E-state index in [1.807, 2.05) is 54.6 Å². The number of methoxy groups -OCH3 is 1. The van der Waals surface area contributed by atoms with E-state index in [0.717, 1.165) is 16.9 Å². The lowest BCUT2D eigenvalue weighted by atomic mass is 10.2. The average molecular weight is 292 g/mol.